The van der Waals surface area contributed by atoms with E-state index in [-0.39, 0.29) is 0 Å². The van der Waals surface area contributed by atoms with Gasteiger partial charge in [-0.3, -0.25) is 4.98 Å². The van der Waals surface area contributed by atoms with E-state index in [1.165, 1.54) is 57.8 Å². The standard InChI is InChI=1S/C30H46FNO/c1-3-5-7-9-10-12-14-24-33-29-21-18-27(19-22-29)30-23-17-26(25-32-30)16-20-28(31)15-13-11-8-6-4-2/h17-19,21-23,25,28H,3-16,20,24H2,1-2H3. The highest BCUT2D eigenvalue weighted by Crippen LogP contribution is 2.22. The monoisotopic (exact) mass is 455 g/mol. The van der Waals surface area contributed by atoms with Crippen LogP contribution in [0.3, 0.4) is 0 Å². The Morgan fingerprint density at radius 1 is 0.727 bits per heavy atom. The summed E-state index contributed by atoms with van der Waals surface area (Å²) in [5.41, 5.74) is 3.15. The zero-order valence-corrected chi connectivity index (χ0v) is 21.2. The van der Waals surface area contributed by atoms with E-state index in [0.717, 1.165) is 54.9 Å². The smallest absolute Gasteiger partial charge is 0.119 e. The maximum Gasteiger partial charge on any atom is 0.119 e. The third-order valence-electron chi connectivity index (χ3n) is 6.36. The number of halogens is 1. The minimum absolute atomic E-state index is 0.597. The van der Waals surface area contributed by atoms with E-state index >= 15 is 0 Å². The molecule has 33 heavy (non-hydrogen) atoms. The fraction of sp³-hybridized carbons (Fsp3) is 0.633. The lowest BCUT2D eigenvalue weighted by Gasteiger charge is -2.09. The minimum Gasteiger partial charge on any atom is -0.494 e. The molecule has 0 spiro atoms. The normalized spacial score (nSPS) is 12.1. The van der Waals surface area contributed by atoms with Crippen LogP contribution in [0.5, 0.6) is 5.75 Å². The second-order valence-corrected chi connectivity index (χ2v) is 9.38. The Labute approximate surface area is 202 Å². The number of nitrogens with zero attached hydrogens (tertiary/aromatic N) is 1. The van der Waals surface area contributed by atoms with Crippen molar-refractivity contribution in [2.45, 2.75) is 116 Å². The number of hydrogen-bond acceptors (Lipinski definition) is 2. The summed E-state index contributed by atoms with van der Waals surface area (Å²) < 4.78 is 20.0. The van der Waals surface area contributed by atoms with E-state index < -0.39 is 6.17 Å². The summed E-state index contributed by atoms with van der Waals surface area (Å²) in [6.45, 7) is 5.25. The molecule has 1 aromatic heterocycles. The molecule has 0 aliphatic heterocycles. The molecule has 0 fully saturated rings. The van der Waals surface area contributed by atoms with E-state index in [2.05, 4.69) is 37.0 Å². The predicted molar refractivity (Wildman–Crippen MR) is 140 cm³/mol. The molecule has 0 amide bonds. The molecule has 2 aromatic rings. The highest BCUT2D eigenvalue weighted by molar-refractivity contribution is 5.60. The molecule has 0 aliphatic rings. The third-order valence-corrected chi connectivity index (χ3v) is 6.36. The van der Waals surface area contributed by atoms with Gasteiger partial charge >= 0.3 is 0 Å². The van der Waals surface area contributed by atoms with Gasteiger partial charge in [-0.1, -0.05) is 90.5 Å². The molecule has 1 heterocycles. The van der Waals surface area contributed by atoms with E-state index in [4.69, 9.17) is 4.74 Å². The van der Waals surface area contributed by atoms with Gasteiger partial charge in [-0.2, -0.15) is 0 Å². The molecule has 2 nitrogen and oxygen atoms in total. The first-order valence-electron chi connectivity index (χ1n) is 13.5. The van der Waals surface area contributed by atoms with Gasteiger partial charge in [0.15, 0.2) is 0 Å². The predicted octanol–water partition coefficient (Wildman–Crippen LogP) is 9.51. The number of benzene rings is 1. The van der Waals surface area contributed by atoms with Crippen molar-refractivity contribution >= 4 is 0 Å². The van der Waals surface area contributed by atoms with Crippen LogP contribution in [0, 0.1) is 0 Å². The molecule has 3 heteroatoms. The lowest BCUT2D eigenvalue weighted by Crippen LogP contribution is -2.02. The number of rotatable bonds is 19. The summed E-state index contributed by atoms with van der Waals surface area (Å²) in [4.78, 5) is 4.61. The second kappa shape index (κ2) is 17.6. The summed E-state index contributed by atoms with van der Waals surface area (Å²) in [5.74, 6) is 0.921. The van der Waals surface area contributed by atoms with Gasteiger partial charge in [-0.15, -0.1) is 0 Å². The molecule has 0 N–H and O–H groups in total. The first-order chi connectivity index (χ1) is 16.2. The minimum atomic E-state index is -0.695. The summed E-state index contributed by atoms with van der Waals surface area (Å²) in [5, 5.41) is 0. The molecular weight excluding hydrogens is 409 g/mol. The van der Waals surface area contributed by atoms with Crippen molar-refractivity contribution in [3.63, 3.8) is 0 Å². The van der Waals surface area contributed by atoms with Gasteiger partial charge in [0.25, 0.3) is 0 Å². The Kier molecular flexibility index (Phi) is 14.6. The summed E-state index contributed by atoms with van der Waals surface area (Å²) in [6, 6.07) is 12.3. The molecule has 0 saturated carbocycles. The first kappa shape index (κ1) is 27.3. The molecule has 0 radical (unpaired) electrons. The quantitative estimate of drug-likeness (QED) is 0.197. The Morgan fingerprint density at radius 2 is 1.36 bits per heavy atom. The van der Waals surface area contributed by atoms with Crippen LogP contribution in [0.25, 0.3) is 11.3 Å². The highest BCUT2D eigenvalue weighted by Gasteiger charge is 2.08. The van der Waals surface area contributed by atoms with Gasteiger partial charge in [0, 0.05) is 11.8 Å². The van der Waals surface area contributed by atoms with Crippen molar-refractivity contribution in [3.8, 4) is 17.0 Å². The second-order valence-electron chi connectivity index (χ2n) is 9.38. The zero-order chi connectivity index (χ0) is 23.6. The molecule has 0 aliphatic carbocycles. The van der Waals surface area contributed by atoms with Gasteiger partial charge in [0.2, 0.25) is 0 Å². The van der Waals surface area contributed by atoms with Gasteiger partial charge in [0.1, 0.15) is 11.9 Å². The lowest BCUT2D eigenvalue weighted by molar-refractivity contribution is 0.287. The fourth-order valence-electron chi connectivity index (χ4n) is 4.15. The topological polar surface area (TPSA) is 22.1 Å². The van der Waals surface area contributed by atoms with Crippen LogP contribution in [-0.4, -0.2) is 17.8 Å². The average Bonchev–Trinajstić information content (AvgIpc) is 2.85. The largest absolute Gasteiger partial charge is 0.494 e. The number of hydrogen-bond donors (Lipinski definition) is 0. The number of pyridine rings is 1. The molecule has 0 saturated heterocycles. The van der Waals surface area contributed by atoms with Crippen molar-refractivity contribution in [3.05, 3.63) is 48.2 Å². The molecule has 0 bridgehead atoms. The van der Waals surface area contributed by atoms with Crippen LogP contribution in [0.4, 0.5) is 4.39 Å². The van der Waals surface area contributed by atoms with Crippen LogP contribution in [-0.2, 0) is 6.42 Å². The lowest BCUT2D eigenvalue weighted by atomic mass is 10.0. The molecule has 2 rings (SSSR count). The van der Waals surface area contributed by atoms with Crippen molar-refractivity contribution < 1.29 is 9.13 Å². The SMILES string of the molecule is CCCCCCCCCOc1ccc(-c2ccc(CCC(F)CCCCCCC)cn2)cc1. The molecule has 184 valence electrons. The van der Waals surface area contributed by atoms with Crippen LogP contribution in [0.1, 0.15) is 109 Å². The summed E-state index contributed by atoms with van der Waals surface area (Å²) >= 11 is 0. The number of aryl methyl sites for hydroxylation is 1. The van der Waals surface area contributed by atoms with Crippen LogP contribution in [0.2, 0.25) is 0 Å². The van der Waals surface area contributed by atoms with Crippen LogP contribution in [0.15, 0.2) is 42.6 Å². The van der Waals surface area contributed by atoms with Crippen LogP contribution < -0.4 is 4.74 Å². The summed E-state index contributed by atoms with van der Waals surface area (Å²) in [6.07, 6.45) is 18.2. The maximum absolute atomic E-state index is 14.1. The van der Waals surface area contributed by atoms with E-state index in [0.29, 0.717) is 12.8 Å². The van der Waals surface area contributed by atoms with Crippen molar-refractivity contribution in [2.24, 2.45) is 0 Å². The Morgan fingerprint density at radius 3 is 2.00 bits per heavy atom. The first-order valence-corrected chi connectivity index (χ1v) is 13.5. The number of alkyl halides is 1. The van der Waals surface area contributed by atoms with Gasteiger partial charge < -0.3 is 4.74 Å². The number of ether oxygens (including phenoxy) is 1. The number of unbranched alkanes of at least 4 members (excludes halogenated alkanes) is 10. The van der Waals surface area contributed by atoms with E-state index in [1.807, 2.05) is 24.4 Å². The molecular formula is C30H46FNO. The van der Waals surface area contributed by atoms with Gasteiger partial charge in [0.05, 0.1) is 12.3 Å². The Balaban J connectivity index is 1.65. The molecule has 1 unspecified atom stereocenters. The zero-order valence-electron chi connectivity index (χ0n) is 21.2. The van der Waals surface area contributed by atoms with E-state index in [1.54, 1.807) is 0 Å². The van der Waals surface area contributed by atoms with E-state index in [9.17, 15) is 4.39 Å². The number of aromatic nitrogens is 1. The fourth-order valence-corrected chi connectivity index (χ4v) is 4.15. The van der Waals surface area contributed by atoms with Gasteiger partial charge in [-0.05, 0) is 61.6 Å². The average molecular weight is 456 g/mol. The highest BCUT2D eigenvalue weighted by atomic mass is 19.1. The molecule has 1 aromatic carbocycles. The van der Waals surface area contributed by atoms with Crippen LogP contribution >= 0.6 is 0 Å². The Hall–Kier alpha value is -1.90. The van der Waals surface area contributed by atoms with Gasteiger partial charge in [-0.25, -0.2) is 4.39 Å². The van der Waals surface area contributed by atoms with Crippen molar-refractivity contribution in [1.82, 2.24) is 4.98 Å². The molecule has 1 atom stereocenters. The van der Waals surface area contributed by atoms with Crippen molar-refractivity contribution in [2.75, 3.05) is 6.61 Å². The Bertz CT molecular complexity index is 713. The third kappa shape index (κ3) is 12.2. The summed E-state index contributed by atoms with van der Waals surface area (Å²) in [7, 11) is 0. The maximum atomic E-state index is 14.1. The van der Waals surface area contributed by atoms with Crippen molar-refractivity contribution in [1.29, 1.82) is 0 Å².